The molecule has 0 heterocycles. The Kier molecular flexibility index (Phi) is 6.48. The fraction of sp³-hybridized carbons (Fsp3) is 0.267. The van der Waals surface area contributed by atoms with Gasteiger partial charge in [0.2, 0.25) is 0 Å². The van der Waals surface area contributed by atoms with E-state index in [0.29, 0.717) is 12.8 Å². The van der Waals surface area contributed by atoms with Crippen LogP contribution in [0.25, 0.3) is 1.43 Å². The zero-order chi connectivity index (χ0) is 17.1. The van der Waals surface area contributed by atoms with Crippen LogP contribution >= 0.6 is 0 Å². The first kappa shape index (κ1) is 15.6. The number of benzene rings is 1. The van der Waals surface area contributed by atoms with Crippen LogP contribution in [0.3, 0.4) is 0 Å². The van der Waals surface area contributed by atoms with Gasteiger partial charge in [0.05, 0.1) is 18.8 Å². The maximum absolute atomic E-state index is 11.4. The van der Waals surface area contributed by atoms with E-state index in [1.54, 1.807) is 0 Å². The van der Waals surface area contributed by atoms with Gasteiger partial charge in [-0.2, -0.15) is 0 Å². The zero-order valence-corrected chi connectivity index (χ0v) is 11.8. The highest BCUT2D eigenvalue weighted by Crippen LogP contribution is 2.13. The standard InChI is InChI=1S/C15H16O7/c1-2-13(16)20-9-3-4-10-21-15(19)22-12-7-5-11(6-8-12)14(17)18/h2,5-8H,1,3-4,9-10H2,(H,17,18)/i/hT. The van der Waals surface area contributed by atoms with E-state index in [1.165, 1.54) is 24.3 Å². The fourth-order valence-corrected chi connectivity index (χ4v) is 1.38. The van der Waals surface area contributed by atoms with Crippen molar-refractivity contribution in [2.75, 3.05) is 13.2 Å². The Hall–Kier alpha value is -2.83. The lowest BCUT2D eigenvalue weighted by molar-refractivity contribution is -0.137. The summed E-state index contributed by atoms with van der Waals surface area (Å²) in [7, 11) is 0. The summed E-state index contributed by atoms with van der Waals surface area (Å²) in [6.45, 7) is 3.60. The van der Waals surface area contributed by atoms with Gasteiger partial charge < -0.3 is 19.3 Å². The molecule has 0 atom stereocenters. The number of esters is 1. The molecule has 0 aliphatic carbocycles. The van der Waals surface area contributed by atoms with E-state index in [-0.39, 0.29) is 24.5 Å². The average Bonchev–Trinajstić information content (AvgIpc) is 2.57. The third-order valence-corrected chi connectivity index (χ3v) is 2.46. The Morgan fingerprint density at radius 1 is 1.14 bits per heavy atom. The van der Waals surface area contributed by atoms with Gasteiger partial charge in [0.1, 0.15) is 5.75 Å². The van der Waals surface area contributed by atoms with Crippen molar-refractivity contribution in [3.8, 4) is 5.75 Å². The number of hydrogen-bond acceptors (Lipinski definition) is 7. The normalized spacial score (nSPS) is 10.1. The average molecular weight is 310 g/mol. The largest absolute Gasteiger partial charge is 0.513 e. The molecule has 1 rings (SSSR count). The number of hydrogen-bond donors (Lipinski definition) is 1. The molecule has 0 radical (unpaired) electrons. The molecule has 0 aliphatic rings. The number of carboxylic acids is 1. The Morgan fingerprint density at radius 3 is 2.36 bits per heavy atom. The van der Waals surface area contributed by atoms with Crippen LogP contribution in [-0.2, 0) is 14.3 Å². The smallest absolute Gasteiger partial charge is 0.478 e. The number of carbonyl (C=O) groups excluding carboxylic acids is 2. The molecular weight excluding hydrogens is 292 g/mol. The van der Waals surface area contributed by atoms with Crippen molar-refractivity contribution in [2.24, 2.45) is 0 Å². The summed E-state index contributed by atoms with van der Waals surface area (Å²) >= 11 is 0. The summed E-state index contributed by atoms with van der Waals surface area (Å²) < 4.78 is 21.0. The fourth-order valence-electron chi connectivity index (χ4n) is 1.38. The van der Waals surface area contributed by atoms with Gasteiger partial charge in [-0.05, 0) is 37.1 Å². The quantitative estimate of drug-likeness (QED) is 0.340. The predicted molar refractivity (Wildman–Crippen MR) is 75.8 cm³/mol. The molecule has 0 saturated heterocycles. The number of carbonyl (C=O) groups is 3. The van der Waals surface area contributed by atoms with Gasteiger partial charge >= 0.3 is 18.1 Å². The number of unbranched alkanes of at least 4 members (excludes halogenated alkanes) is 1. The van der Waals surface area contributed by atoms with Gasteiger partial charge in [0.15, 0.2) is 0 Å². The third-order valence-electron chi connectivity index (χ3n) is 2.46. The molecule has 118 valence electrons. The summed E-state index contributed by atoms with van der Waals surface area (Å²) in [5.74, 6) is -1.12. The highest BCUT2D eigenvalue weighted by Gasteiger charge is 2.07. The summed E-state index contributed by atoms with van der Waals surface area (Å²) in [4.78, 5) is 33.2. The van der Waals surface area contributed by atoms with Crippen LogP contribution in [0, 0.1) is 0 Å². The summed E-state index contributed by atoms with van der Waals surface area (Å²) in [5.41, 5.74) is 0.162. The number of carboxylic acid groups (broad SMARTS) is 1. The van der Waals surface area contributed by atoms with Crippen molar-refractivity contribution in [3.63, 3.8) is 0 Å². The lowest BCUT2D eigenvalue weighted by Crippen LogP contribution is -2.12. The van der Waals surface area contributed by atoms with Gasteiger partial charge in [0, 0.05) is 6.08 Å². The Morgan fingerprint density at radius 2 is 1.77 bits per heavy atom. The molecule has 0 spiro atoms. The van der Waals surface area contributed by atoms with Crippen molar-refractivity contribution in [2.45, 2.75) is 12.8 Å². The Balaban J connectivity index is 2.22. The van der Waals surface area contributed by atoms with E-state index in [1.807, 2.05) is 0 Å². The summed E-state index contributed by atoms with van der Waals surface area (Å²) in [5, 5.41) is 3.81. The van der Waals surface area contributed by atoms with Crippen molar-refractivity contribution in [3.05, 3.63) is 42.5 Å². The maximum Gasteiger partial charge on any atom is 0.513 e. The van der Waals surface area contributed by atoms with E-state index in [2.05, 4.69) is 11.7 Å². The zero-order valence-electron chi connectivity index (χ0n) is 12.8. The second-order valence-corrected chi connectivity index (χ2v) is 4.09. The van der Waals surface area contributed by atoms with Crippen molar-refractivity contribution < 1.29 is 33.7 Å². The van der Waals surface area contributed by atoms with E-state index in [4.69, 9.17) is 15.6 Å². The number of rotatable bonds is 8. The summed E-state index contributed by atoms with van der Waals surface area (Å²) in [6.07, 6.45) is 1.23. The molecule has 1 N–H and O–H groups in total. The monoisotopic (exact) mass is 310 g/mol. The van der Waals surface area contributed by atoms with E-state index in [9.17, 15) is 14.4 Å². The first-order valence-electron chi connectivity index (χ1n) is 6.89. The van der Waals surface area contributed by atoms with Crippen molar-refractivity contribution in [1.29, 1.82) is 1.43 Å². The van der Waals surface area contributed by atoms with Crippen LogP contribution < -0.4 is 4.74 Å². The lowest BCUT2D eigenvalue weighted by atomic mass is 10.2. The molecule has 0 amide bonds. The lowest BCUT2D eigenvalue weighted by Gasteiger charge is -2.06. The first-order valence-corrected chi connectivity index (χ1v) is 6.48. The molecule has 0 bridgehead atoms. The summed E-state index contributed by atoms with van der Waals surface area (Å²) in [6, 6.07) is 5.46. The molecule has 0 unspecified atom stereocenters. The second-order valence-electron chi connectivity index (χ2n) is 4.09. The Labute approximate surface area is 128 Å². The van der Waals surface area contributed by atoms with Gasteiger partial charge in [-0.15, -0.1) is 0 Å². The molecule has 1 aromatic rings. The highest BCUT2D eigenvalue weighted by molar-refractivity contribution is 5.87. The van der Waals surface area contributed by atoms with E-state index in [0.717, 1.165) is 6.08 Å². The molecular formula is C15H16O7. The van der Waals surface area contributed by atoms with E-state index >= 15 is 0 Å². The first-order chi connectivity index (χ1) is 11.1. The van der Waals surface area contributed by atoms with Gasteiger partial charge in [-0.3, -0.25) is 0 Å². The maximum atomic E-state index is 11.4. The van der Waals surface area contributed by atoms with Crippen LogP contribution in [0.4, 0.5) is 4.79 Å². The molecule has 0 fully saturated rings. The molecule has 7 nitrogen and oxygen atoms in total. The van der Waals surface area contributed by atoms with Crippen molar-refractivity contribution >= 4 is 18.1 Å². The number of aromatic carboxylic acids is 1. The molecule has 0 aromatic heterocycles. The van der Waals surface area contributed by atoms with Crippen molar-refractivity contribution in [1.82, 2.24) is 0 Å². The van der Waals surface area contributed by atoms with Gasteiger partial charge in [-0.25, -0.2) is 14.4 Å². The SMILES string of the molecule is [3H]OC(=O)c1ccc(OC(=O)OCCCCOC(=O)C=C)cc1. The highest BCUT2D eigenvalue weighted by atomic mass is 16.7. The molecule has 1 aromatic carbocycles. The number of ether oxygens (including phenoxy) is 3. The predicted octanol–water partition coefficient (Wildman–Crippen LogP) is 2.41. The minimum absolute atomic E-state index is 0.119. The molecule has 22 heavy (non-hydrogen) atoms. The molecule has 0 saturated carbocycles. The van der Waals surface area contributed by atoms with E-state index < -0.39 is 18.1 Å². The van der Waals surface area contributed by atoms with Crippen LogP contribution in [-0.4, -0.2) is 36.4 Å². The third kappa shape index (κ3) is 6.56. The van der Waals surface area contributed by atoms with Crippen LogP contribution in [0.5, 0.6) is 5.75 Å². The Bertz CT molecular complexity index is 553. The van der Waals surface area contributed by atoms with Gasteiger partial charge in [-0.1, -0.05) is 6.58 Å². The second kappa shape index (κ2) is 9.17. The minimum atomic E-state index is -0.885. The molecule has 7 heteroatoms. The van der Waals surface area contributed by atoms with Crippen LogP contribution in [0.15, 0.2) is 36.9 Å². The van der Waals surface area contributed by atoms with Gasteiger partial charge in [0.25, 0.3) is 1.43 Å². The molecule has 0 aliphatic heterocycles. The topological polar surface area (TPSA) is 99.1 Å². The minimum Gasteiger partial charge on any atom is -0.478 e. The van der Waals surface area contributed by atoms with Crippen LogP contribution in [0.1, 0.15) is 23.2 Å². The van der Waals surface area contributed by atoms with Crippen LogP contribution in [0.2, 0.25) is 0 Å².